The minimum absolute atomic E-state index is 0.280. The maximum absolute atomic E-state index is 6.54. The van der Waals surface area contributed by atoms with Crippen molar-refractivity contribution in [2.75, 3.05) is 6.61 Å². The van der Waals surface area contributed by atoms with Crippen molar-refractivity contribution in [1.82, 2.24) is 4.98 Å². The highest BCUT2D eigenvalue weighted by atomic mass is 35.5. The summed E-state index contributed by atoms with van der Waals surface area (Å²) >= 11 is 6.08. The van der Waals surface area contributed by atoms with Crippen LogP contribution in [0.3, 0.4) is 0 Å². The zero-order valence-electron chi connectivity index (χ0n) is 15.1. The molecule has 0 aliphatic heterocycles. The molecule has 0 radical (unpaired) electrons. The molecular weight excluding hydrogens is 326 g/mol. The number of hydrogen-bond acceptors (Lipinski definition) is 3. The molecule has 130 valence electrons. The summed E-state index contributed by atoms with van der Waals surface area (Å²) in [5.74, 6) is 1.13. The summed E-state index contributed by atoms with van der Waals surface area (Å²) in [6, 6.07) is 3.63. The van der Waals surface area contributed by atoms with Gasteiger partial charge in [-0.1, -0.05) is 32.4 Å². The molecule has 1 aliphatic rings. The van der Waals surface area contributed by atoms with Crippen LogP contribution in [-0.4, -0.2) is 26.0 Å². The molecule has 0 spiro atoms. The maximum Gasteiger partial charge on any atom is 0.232 e. The SMILES string of the molecule is CC(C)(C)[Si](C)(C)OC1CCC(COc2ncccc2Cl)CC1. The van der Waals surface area contributed by atoms with E-state index in [-0.39, 0.29) is 5.04 Å². The molecule has 0 amide bonds. The fourth-order valence-electron chi connectivity index (χ4n) is 2.68. The van der Waals surface area contributed by atoms with Gasteiger partial charge in [-0.15, -0.1) is 0 Å². The van der Waals surface area contributed by atoms with E-state index in [1.807, 2.05) is 12.1 Å². The second-order valence-electron chi connectivity index (χ2n) is 8.12. The Balaban J connectivity index is 1.77. The molecule has 1 fully saturated rings. The summed E-state index contributed by atoms with van der Waals surface area (Å²) in [6.07, 6.45) is 6.72. The lowest BCUT2D eigenvalue weighted by Crippen LogP contribution is -2.44. The molecule has 1 aromatic rings. The van der Waals surface area contributed by atoms with Crippen molar-refractivity contribution in [3.8, 4) is 5.88 Å². The first kappa shape index (κ1) is 18.8. The van der Waals surface area contributed by atoms with Gasteiger partial charge >= 0.3 is 0 Å². The summed E-state index contributed by atoms with van der Waals surface area (Å²) in [6.45, 7) is 12.3. The van der Waals surface area contributed by atoms with Gasteiger partial charge in [-0.2, -0.15) is 0 Å². The van der Waals surface area contributed by atoms with Gasteiger partial charge in [0.05, 0.1) is 6.61 Å². The van der Waals surface area contributed by atoms with Crippen molar-refractivity contribution < 1.29 is 9.16 Å². The molecule has 0 N–H and O–H groups in total. The monoisotopic (exact) mass is 355 g/mol. The number of pyridine rings is 1. The average molecular weight is 356 g/mol. The van der Waals surface area contributed by atoms with Gasteiger partial charge in [-0.25, -0.2) is 4.98 Å². The fourth-order valence-corrected chi connectivity index (χ4v) is 4.28. The number of aromatic nitrogens is 1. The summed E-state index contributed by atoms with van der Waals surface area (Å²) in [5.41, 5.74) is 0. The van der Waals surface area contributed by atoms with Crippen molar-refractivity contribution in [3.05, 3.63) is 23.4 Å². The highest BCUT2D eigenvalue weighted by Crippen LogP contribution is 2.39. The molecule has 0 aromatic carbocycles. The number of rotatable bonds is 5. The zero-order chi connectivity index (χ0) is 17.1. The molecule has 1 heterocycles. The highest BCUT2D eigenvalue weighted by molar-refractivity contribution is 6.74. The molecule has 1 aliphatic carbocycles. The van der Waals surface area contributed by atoms with E-state index < -0.39 is 8.32 Å². The molecule has 3 nitrogen and oxygen atoms in total. The van der Waals surface area contributed by atoms with Gasteiger partial charge < -0.3 is 9.16 Å². The van der Waals surface area contributed by atoms with E-state index in [0.29, 0.717) is 29.5 Å². The lowest BCUT2D eigenvalue weighted by molar-refractivity contribution is 0.0977. The van der Waals surface area contributed by atoms with Crippen molar-refractivity contribution in [2.24, 2.45) is 5.92 Å². The predicted octanol–water partition coefficient (Wildman–Crippen LogP) is 5.69. The van der Waals surface area contributed by atoms with Gasteiger partial charge in [-0.05, 0) is 61.9 Å². The molecule has 0 unspecified atom stereocenters. The van der Waals surface area contributed by atoms with E-state index in [2.05, 4.69) is 38.8 Å². The first-order valence-electron chi connectivity index (χ1n) is 8.60. The third-order valence-corrected chi connectivity index (χ3v) is 10.1. The summed E-state index contributed by atoms with van der Waals surface area (Å²) in [7, 11) is -1.65. The molecule has 1 aromatic heterocycles. The van der Waals surface area contributed by atoms with Crippen LogP contribution in [0.25, 0.3) is 0 Å². The number of halogens is 1. The largest absolute Gasteiger partial charge is 0.476 e. The van der Waals surface area contributed by atoms with Gasteiger partial charge in [0.2, 0.25) is 5.88 Å². The van der Waals surface area contributed by atoms with Crippen molar-refractivity contribution in [2.45, 2.75) is 70.7 Å². The van der Waals surface area contributed by atoms with Crippen LogP contribution < -0.4 is 4.74 Å². The van der Waals surface area contributed by atoms with Gasteiger partial charge in [-0.3, -0.25) is 0 Å². The molecular formula is C18H30ClNO2Si. The number of nitrogens with zero attached hydrogens (tertiary/aromatic N) is 1. The average Bonchev–Trinajstić information content (AvgIpc) is 2.46. The van der Waals surface area contributed by atoms with Crippen LogP contribution in [0.4, 0.5) is 0 Å². The van der Waals surface area contributed by atoms with Crippen LogP contribution in [0.15, 0.2) is 18.3 Å². The molecule has 0 saturated heterocycles. The smallest absolute Gasteiger partial charge is 0.232 e. The Morgan fingerprint density at radius 3 is 2.43 bits per heavy atom. The number of ether oxygens (including phenoxy) is 1. The lowest BCUT2D eigenvalue weighted by Gasteiger charge is -2.41. The van der Waals surface area contributed by atoms with Crippen molar-refractivity contribution in [3.63, 3.8) is 0 Å². The third-order valence-electron chi connectivity index (χ3n) is 5.24. The summed E-state index contributed by atoms with van der Waals surface area (Å²) in [5, 5.41) is 0.866. The zero-order valence-corrected chi connectivity index (χ0v) is 16.8. The molecule has 1 saturated carbocycles. The van der Waals surface area contributed by atoms with Crippen LogP contribution in [0.2, 0.25) is 23.2 Å². The minimum Gasteiger partial charge on any atom is -0.476 e. The van der Waals surface area contributed by atoms with Crippen LogP contribution in [0, 0.1) is 5.92 Å². The standard InChI is InChI=1S/C18H30ClNO2Si/c1-18(2,3)23(4,5)22-15-10-8-14(9-11-15)13-21-17-16(19)7-6-12-20-17/h6-7,12,14-15H,8-11,13H2,1-5H3. The number of hydrogen-bond donors (Lipinski definition) is 0. The van der Waals surface area contributed by atoms with Crippen molar-refractivity contribution >= 4 is 19.9 Å². The minimum atomic E-state index is -1.65. The second-order valence-corrected chi connectivity index (χ2v) is 13.3. The van der Waals surface area contributed by atoms with E-state index in [1.54, 1.807) is 6.20 Å². The summed E-state index contributed by atoms with van der Waals surface area (Å²) < 4.78 is 12.3. The van der Waals surface area contributed by atoms with Crippen LogP contribution in [-0.2, 0) is 4.43 Å². The van der Waals surface area contributed by atoms with Crippen LogP contribution in [0.1, 0.15) is 46.5 Å². The highest BCUT2D eigenvalue weighted by Gasteiger charge is 2.39. The third kappa shape index (κ3) is 5.20. The normalized spacial score (nSPS) is 22.9. The van der Waals surface area contributed by atoms with Crippen LogP contribution >= 0.6 is 11.6 Å². The Hall–Kier alpha value is -0.583. The Morgan fingerprint density at radius 1 is 1.22 bits per heavy atom. The molecule has 23 heavy (non-hydrogen) atoms. The molecule has 5 heteroatoms. The lowest BCUT2D eigenvalue weighted by atomic mass is 9.88. The van der Waals surface area contributed by atoms with E-state index in [4.69, 9.17) is 20.8 Å². The van der Waals surface area contributed by atoms with E-state index in [0.717, 1.165) is 25.7 Å². The second kappa shape index (κ2) is 7.54. The molecule has 0 atom stereocenters. The quantitative estimate of drug-likeness (QED) is 0.635. The van der Waals surface area contributed by atoms with E-state index >= 15 is 0 Å². The predicted molar refractivity (Wildman–Crippen MR) is 98.8 cm³/mol. The molecule has 2 rings (SSSR count). The van der Waals surface area contributed by atoms with Gasteiger partial charge in [0.1, 0.15) is 5.02 Å². The fraction of sp³-hybridized carbons (Fsp3) is 0.722. The van der Waals surface area contributed by atoms with Gasteiger partial charge in [0, 0.05) is 12.3 Å². The van der Waals surface area contributed by atoms with Crippen LogP contribution in [0.5, 0.6) is 5.88 Å². The Morgan fingerprint density at radius 2 is 1.87 bits per heavy atom. The van der Waals surface area contributed by atoms with E-state index in [1.165, 1.54) is 0 Å². The topological polar surface area (TPSA) is 31.4 Å². The Labute approximate surface area is 146 Å². The first-order valence-corrected chi connectivity index (χ1v) is 11.9. The maximum atomic E-state index is 6.54. The van der Waals surface area contributed by atoms with Gasteiger partial charge in [0.15, 0.2) is 8.32 Å². The molecule has 0 bridgehead atoms. The first-order chi connectivity index (χ1) is 10.7. The Kier molecular flexibility index (Phi) is 6.14. The summed E-state index contributed by atoms with van der Waals surface area (Å²) in [4.78, 5) is 4.18. The van der Waals surface area contributed by atoms with E-state index in [9.17, 15) is 0 Å². The Bertz CT molecular complexity index is 508. The van der Waals surface area contributed by atoms with Gasteiger partial charge in [0.25, 0.3) is 0 Å². The van der Waals surface area contributed by atoms with Crippen molar-refractivity contribution in [1.29, 1.82) is 0 Å².